The van der Waals surface area contributed by atoms with Crippen LogP contribution in [0.3, 0.4) is 0 Å². The highest BCUT2D eigenvalue weighted by Crippen LogP contribution is 2.17. The van der Waals surface area contributed by atoms with Crippen molar-refractivity contribution in [2.75, 3.05) is 17.2 Å². The number of benzene rings is 2. The molecule has 2 N–H and O–H groups in total. The summed E-state index contributed by atoms with van der Waals surface area (Å²) in [6.45, 7) is 3.34. The zero-order valence-corrected chi connectivity index (χ0v) is 14.9. The van der Waals surface area contributed by atoms with Crippen molar-refractivity contribution >= 4 is 23.2 Å². The second kappa shape index (κ2) is 8.49. The Morgan fingerprint density at radius 2 is 1.56 bits per heavy atom. The van der Waals surface area contributed by atoms with Crippen LogP contribution in [0.4, 0.5) is 11.6 Å². The number of nitrogens with zero attached hydrogens (tertiary/aromatic N) is 2. The molecule has 0 saturated heterocycles. The average molecular weight is 353 g/mol. The van der Waals surface area contributed by atoms with Crippen molar-refractivity contribution in [1.29, 1.82) is 0 Å². The number of rotatable bonds is 7. The maximum Gasteiger partial charge on any atom is 0.132 e. The summed E-state index contributed by atoms with van der Waals surface area (Å²) in [6, 6.07) is 20.1. The van der Waals surface area contributed by atoms with Crippen molar-refractivity contribution in [3.63, 3.8) is 0 Å². The summed E-state index contributed by atoms with van der Waals surface area (Å²) >= 11 is 6.19. The zero-order valence-electron chi connectivity index (χ0n) is 14.2. The van der Waals surface area contributed by atoms with Crippen molar-refractivity contribution in [3.05, 3.63) is 82.6 Å². The molecule has 0 amide bonds. The Balaban J connectivity index is 1.59. The Morgan fingerprint density at radius 3 is 2.32 bits per heavy atom. The largest absolute Gasteiger partial charge is 0.370 e. The molecule has 5 heteroatoms. The predicted molar refractivity (Wildman–Crippen MR) is 104 cm³/mol. The Bertz CT molecular complexity index is 821. The van der Waals surface area contributed by atoms with Crippen LogP contribution in [0.5, 0.6) is 0 Å². The van der Waals surface area contributed by atoms with Crippen LogP contribution in [0.1, 0.15) is 17.0 Å². The Labute approximate surface area is 153 Å². The van der Waals surface area contributed by atoms with Gasteiger partial charge in [-0.3, -0.25) is 0 Å². The summed E-state index contributed by atoms with van der Waals surface area (Å²) in [5.74, 6) is 2.34. The number of aryl methyl sites for hydroxylation is 1. The van der Waals surface area contributed by atoms with Crippen molar-refractivity contribution in [2.45, 2.75) is 19.9 Å². The van der Waals surface area contributed by atoms with Gasteiger partial charge in [0.05, 0.1) is 0 Å². The molecule has 25 heavy (non-hydrogen) atoms. The fourth-order valence-corrected chi connectivity index (χ4v) is 2.76. The summed E-state index contributed by atoms with van der Waals surface area (Å²) in [7, 11) is 0. The minimum absolute atomic E-state index is 0.625. The molecule has 0 radical (unpaired) electrons. The van der Waals surface area contributed by atoms with Gasteiger partial charge in [-0.15, -0.1) is 0 Å². The number of halogens is 1. The van der Waals surface area contributed by atoms with E-state index in [1.165, 1.54) is 5.56 Å². The van der Waals surface area contributed by atoms with E-state index < -0.39 is 0 Å². The molecule has 2 aromatic carbocycles. The van der Waals surface area contributed by atoms with Crippen LogP contribution in [0.25, 0.3) is 0 Å². The molecule has 0 saturated carbocycles. The van der Waals surface area contributed by atoms with E-state index in [4.69, 9.17) is 11.6 Å². The molecule has 0 spiro atoms. The second-order valence-corrected chi connectivity index (χ2v) is 6.20. The van der Waals surface area contributed by atoms with Gasteiger partial charge in [-0.2, -0.15) is 0 Å². The van der Waals surface area contributed by atoms with E-state index in [1.807, 2.05) is 43.3 Å². The molecule has 1 heterocycles. The topological polar surface area (TPSA) is 49.8 Å². The van der Waals surface area contributed by atoms with Gasteiger partial charge in [0.15, 0.2) is 0 Å². The molecule has 128 valence electrons. The molecule has 1 aromatic heterocycles. The third-order valence-electron chi connectivity index (χ3n) is 3.82. The maximum atomic E-state index is 6.19. The van der Waals surface area contributed by atoms with Gasteiger partial charge in [0, 0.05) is 24.2 Å². The lowest BCUT2D eigenvalue weighted by molar-refractivity contribution is 0.975. The first-order valence-electron chi connectivity index (χ1n) is 8.31. The molecule has 3 aromatic rings. The van der Waals surface area contributed by atoms with Crippen molar-refractivity contribution in [1.82, 2.24) is 9.97 Å². The molecular weight excluding hydrogens is 332 g/mol. The van der Waals surface area contributed by atoms with Gasteiger partial charge in [-0.25, -0.2) is 9.97 Å². The monoisotopic (exact) mass is 352 g/mol. The SMILES string of the molecule is Cc1nc(NCCc2ccccc2)cc(NCc2ccccc2Cl)n1. The van der Waals surface area contributed by atoms with Crippen LogP contribution in [0.15, 0.2) is 60.7 Å². The lowest BCUT2D eigenvalue weighted by Crippen LogP contribution is -2.09. The van der Waals surface area contributed by atoms with E-state index in [0.717, 1.165) is 41.0 Å². The molecule has 0 unspecified atom stereocenters. The Morgan fingerprint density at radius 1 is 0.880 bits per heavy atom. The van der Waals surface area contributed by atoms with Gasteiger partial charge in [0.25, 0.3) is 0 Å². The highest BCUT2D eigenvalue weighted by molar-refractivity contribution is 6.31. The van der Waals surface area contributed by atoms with Gasteiger partial charge >= 0.3 is 0 Å². The third kappa shape index (κ3) is 5.19. The number of nitrogens with one attached hydrogen (secondary N) is 2. The van der Waals surface area contributed by atoms with Gasteiger partial charge in [-0.05, 0) is 30.5 Å². The minimum Gasteiger partial charge on any atom is -0.370 e. The van der Waals surface area contributed by atoms with E-state index in [1.54, 1.807) is 0 Å². The van der Waals surface area contributed by atoms with Crippen molar-refractivity contribution in [2.24, 2.45) is 0 Å². The average Bonchev–Trinajstić information content (AvgIpc) is 2.62. The normalized spacial score (nSPS) is 10.5. The molecule has 0 atom stereocenters. The van der Waals surface area contributed by atoms with Gasteiger partial charge in [-0.1, -0.05) is 60.1 Å². The highest BCUT2D eigenvalue weighted by atomic mass is 35.5. The molecule has 4 nitrogen and oxygen atoms in total. The smallest absolute Gasteiger partial charge is 0.132 e. The number of hydrogen-bond donors (Lipinski definition) is 2. The van der Waals surface area contributed by atoms with E-state index >= 15 is 0 Å². The first kappa shape index (κ1) is 17.2. The Kier molecular flexibility index (Phi) is 5.86. The van der Waals surface area contributed by atoms with Gasteiger partial charge in [0.2, 0.25) is 0 Å². The van der Waals surface area contributed by atoms with Crippen LogP contribution in [-0.4, -0.2) is 16.5 Å². The predicted octanol–water partition coefficient (Wildman–Crippen LogP) is 4.71. The maximum absolute atomic E-state index is 6.19. The van der Waals surface area contributed by atoms with Gasteiger partial charge in [0.1, 0.15) is 17.5 Å². The van der Waals surface area contributed by atoms with Crippen LogP contribution in [0, 0.1) is 6.92 Å². The molecule has 0 fully saturated rings. The van der Waals surface area contributed by atoms with E-state index in [2.05, 4.69) is 44.9 Å². The number of aromatic nitrogens is 2. The number of anilines is 2. The second-order valence-electron chi connectivity index (χ2n) is 5.79. The van der Waals surface area contributed by atoms with Crippen LogP contribution in [-0.2, 0) is 13.0 Å². The fraction of sp³-hybridized carbons (Fsp3) is 0.200. The summed E-state index contributed by atoms with van der Waals surface area (Å²) in [5.41, 5.74) is 2.34. The fourth-order valence-electron chi connectivity index (χ4n) is 2.56. The first-order valence-corrected chi connectivity index (χ1v) is 8.69. The third-order valence-corrected chi connectivity index (χ3v) is 4.19. The summed E-state index contributed by atoms with van der Waals surface area (Å²) in [5, 5.41) is 7.43. The van der Waals surface area contributed by atoms with Crippen LogP contribution < -0.4 is 10.6 Å². The highest BCUT2D eigenvalue weighted by Gasteiger charge is 2.04. The number of hydrogen-bond acceptors (Lipinski definition) is 4. The molecular formula is C20H21ClN4. The van der Waals surface area contributed by atoms with E-state index in [0.29, 0.717) is 6.54 Å². The molecule has 3 rings (SSSR count). The standard InChI is InChI=1S/C20H21ClN4/c1-15-24-19(22-12-11-16-7-3-2-4-8-16)13-20(25-15)23-14-17-9-5-6-10-18(17)21/h2-10,13H,11-12,14H2,1H3,(H2,22,23,24,25). The lowest BCUT2D eigenvalue weighted by Gasteiger charge is -2.11. The molecule has 0 aliphatic heterocycles. The quantitative estimate of drug-likeness (QED) is 0.646. The zero-order chi connectivity index (χ0) is 17.5. The molecule has 0 bridgehead atoms. The lowest BCUT2D eigenvalue weighted by atomic mass is 10.1. The molecule has 0 aliphatic rings. The van der Waals surface area contributed by atoms with Crippen LogP contribution >= 0.6 is 11.6 Å². The van der Waals surface area contributed by atoms with Crippen LogP contribution in [0.2, 0.25) is 5.02 Å². The Hall–Kier alpha value is -2.59. The summed E-state index contributed by atoms with van der Waals surface area (Å²) in [4.78, 5) is 8.89. The molecule has 0 aliphatic carbocycles. The van der Waals surface area contributed by atoms with Crippen molar-refractivity contribution < 1.29 is 0 Å². The first-order chi connectivity index (χ1) is 12.2. The van der Waals surface area contributed by atoms with Crippen molar-refractivity contribution in [3.8, 4) is 0 Å². The van der Waals surface area contributed by atoms with E-state index in [-0.39, 0.29) is 0 Å². The minimum atomic E-state index is 0.625. The van der Waals surface area contributed by atoms with Gasteiger partial charge < -0.3 is 10.6 Å². The summed E-state index contributed by atoms with van der Waals surface area (Å²) < 4.78 is 0. The van der Waals surface area contributed by atoms with E-state index in [9.17, 15) is 0 Å². The summed E-state index contributed by atoms with van der Waals surface area (Å²) in [6.07, 6.45) is 0.951.